The van der Waals surface area contributed by atoms with E-state index in [0.717, 1.165) is 16.5 Å². The van der Waals surface area contributed by atoms with Crippen molar-refractivity contribution in [1.82, 2.24) is 4.90 Å². The molecule has 4 heteroatoms. The van der Waals surface area contributed by atoms with Gasteiger partial charge in [-0.15, -0.1) is 11.6 Å². The molecule has 1 aliphatic rings. The van der Waals surface area contributed by atoms with E-state index in [4.69, 9.17) is 11.6 Å². The monoisotopic (exact) mass is 377 g/mol. The van der Waals surface area contributed by atoms with Crippen molar-refractivity contribution < 1.29 is 4.79 Å². The molecule has 1 saturated heterocycles. The van der Waals surface area contributed by atoms with Gasteiger partial charge in [0.05, 0.1) is 12.1 Å². The van der Waals surface area contributed by atoms with Crippen LogP contribution in [0.15, 0.2) is 59.1 Å². The standard InChI is InChI=1S/C18H17BrClNO/c19-15-8-6-14(7-9-15)16-10-11-18(22)21(16)17(12-20)13-4-2-1-3-5-13/h1-9,16-17H,10-12H2/t16-,17?/m1/s1. The zero-order valence-electron chi connectivity index (χ0n) is 12.1. The lowest BCUT2D eigenvalue weighted by Gasteiger charge is -2.33. The number of likely N-dealkylation sites (tertiary alicyclic amines) is 1. The second kappa shape index (κ2) is 6.84. The first kappa shape index (κ1) is 15.6. The molecule has 0 N–H and O–H groups in total. The summed E-state index contributed by atoms with van der Waals surface area (Å²) >= 11 is 9.68. The van der Waals surface area contributed by atoms with Gasteiger partial charge >= 0.3 is 0 Å². The second-order valence-electron chi connectivity index (χ2n) is 5.49. The minimum atomic E-state index is -0.0773. The number of benzene rings is 2. The van der Waals surface area contributed by atoms with E-state index in [1.807, 2.05) is 47.4 Å². The third kappa shape index (κ3) is 3.06. The first-order valence-corrected chi connectivity index (χ1v) is 8.71. The van der Waals surface area contributed by atoms with Crippen LogP contribution < -0.4 is 0 Å². The number of carbonyl (C=O) groups is 1. The van der Waals surface area contributed by atoms with E-state index < -0.39 is 0 Å². The molecule has 0 aromatic heterocycles. The van der Waals surface area contributed by atoms with E-state index in [0.29, 0.717) is 12.3 Å². The van der Waals surface area contributed by atoms with Gasteiger partial charge < -0.3 is 4.90 Å². The number of hydrogen-bond acceptors (Lipinski definition) is 1. The van der Waals surface area contributed by atoms with Crippen molar-refractivity contribution in [1.29, 1.82) is 0 Å². The summed E-state index contributed by atoms with van der Waals surface area (Å²) in [5, 5.41) is 0. The quantitative estimate of drug-likeness (QED) is 0.678. The van der Waals surface area contributed by atoms with Gasteiger partial charge in [-0.25, -0.2) is 0 Å². The van der Waals surface area contributed by atoms with E-state index >= 15 is 0 Å². The van der Waals surface area contributed by atoms with E-state index in [2.05, 4.69) is 28.1 Å². The van der Waals surface area contributed by atoms with Crippen LogP contribution >= 0.6 is 27.5 Å². The molecule has 1 heterocycles. The third-order valence-corrected chi connectivity index (χ3v) is 5.00. The Morgan fingerprint density at radius 2 is 1.82 bits per heavy atom. The summed E-state index contributed by atoms with van der Waals surface area (Å²) in [5.41, 5.74) is 2.26. The highest BCUT2D eigenvalue weighted by molar-refractivity contribution is 9.10. The lowest BCUT2D eigenvalue weighted by Crippen LogP contribution is -2.33. The Kier molecular flexibility index (Phi) is 4.84. The molecule has 22 heavy (non-hydrogen) atoms. The SMILES string of the molecule is O=C1CC[C@H](c2ccc(Br)cc2)N1C(CCl)c1ccccc1. The van der Waals surface area contributed by atoms with Gasteiger partial charge in [0.1, 0.15) is 0 Å². The van der Waals surface area contributed by atoms with Crippen molar-refractivity contribution in [3.8, 4) is 0 Å². The summed E-state index contributed by atoms with van der Waals surface area (Å²) in [7, 11) is 0. The molecule has 0 radical (unpaired) electrons. The zero-order valence-corrected chi connectivity index (χ0v) is 14.4. The fourth-order valence-electron chi connectivity index (χ4n) is 3.10. The summed E-state index contributed by atoms with van der Waals surface area (Å²) in [5.74, 6) is 0.588. The third-order valence-electron chi connectivity index (χ3n) is 4.18. The molecule has 2 aromatic rings. The molecule has 0 saturated carbocycles. The molecule has 0 aliphatic carbocycles. The molecule has 1 aliphatic heterocycles. The maximum atomic E-state index is 12.5. The predicted octanol–water partition coefficient (Wildman–Crippen LogP) is 5.09. The number of hydrogen-bond donors (Lipinski definition) is 0. The Bertz CT molecular complexity index is 644. The molecular weight excluding hydrogens is 362 g/mol. The minimum Gasteiger partial charge on any atom is -0.327 e. The Balaban J connectivity index is 1.94. The average Bonchev–Trinajstić information content (AvgIpc) is 2.92. The zero-order chi connectivity index (χ0) is 15.5. The summed E-state index contributed by atoms with van der Waals surface area (Å²) < 4.78 is 1.05. The van der Waals surface area contributed by atoms with E-state index in [1.165, 1.54) is 5.56 Å². The summed E-state index contributed by atoms with van der Waals surface area (Å²) in [4.78, 5) is 14.4. The summed E-state index contributed by atoms with van der Waals surface area (Å²) in [6, 6.07) is 18.3. The van der Waals surface area contributed by atoms with Crippen LogP contribution in [-0.2, 0) is 4.79 Å². The van der Waals surface area contributed by atoms with Crippen LogP contribution in [0.2, 0.25) is 0 Å². The number of carbonyl (C=O) groups excluding carboxylic acids is 1. The normalized spacial score (nSPS) is 19.5. The Hall–Kier alpha value is -1.32. The maximum Gasteiger partial charge on any atom is 0.223 e. The maximum absolute atomic E-state index is 12.5. The van der Waals surface area contributed by atoms with Crippen molar-refractivity contribution in [2.45, 2.75) is 24.9 Å². The first-order valence-electron chi connectivity index (χ1n) is 7.38. The van der Waals surface area contributed by atoms with Gasteiger partial charge in [-0.1, -0.05) is 58.4 Å². The minimum absolute atomic E-state index is 0.0773. The Morgan fingerprint density at radius 3 is 2.45 bits per heavy atom. The van der Waals surface area contributed by atoms with Crippen LogP contribution in [0.5, 0.6) is 0 Å². The predicted molar refractivity (Wildman–Crippen MR) is 92.9 cm³/mol. The van der Waals surface area contributed by atoms with Crippen LogP contribution in [0.4, 0.5) is 0 Å². The number of nitrogens with zero attached hydrogens (tertiary/aromatic N) is 1. The van der Waals surface area contributed by atoms with Gasteiger partial charge in [0, 0.05) is 16.8 Å². The number of rotatable bonds is 4. The molecule has 1 amide bonds. The Labute approximate surface area is 144 Å². The topological polar surface area (TPSA) is 20.3 Å². The van der Waals surface area contributed by atoms with Gasteiger partial charge in [0.2, 0.25) is 5.91 Å². The molecule has 0 spiro atoms. The van der Waals surface area contributed by atoms with Gasteiger partial charge in [-0.05, 0) is 29.7 Å². The Morgan fingerprint density at radius 1 is 1.14 bits per heavy atom. The van der Waals surface area contributed by atoms with Crippen LogP contribution in [-0.4, -0.2) is 16.7 Å². The van der Waals surface area contributed by atoms with E-state index in [9.17, 15) is 4.79 Å². The summed E-state index contributed by atoms with van der Waals surface area (Å²) in [6.07, 6.45) is 1.43. The molecule has 114 valence electrons. The molecule has 2 nitrogen and oxygen atoms in total. The first-order chi connectivity index (χ1) is 10.7. The molecule has 0 bridgehead atoms. The van der Waals surface area contributed by atoms with E-state index in [-0.39, 0.29) is 18.0 Å². The largest absolute Gasteiger partial charge is 0.327 e. The van der Waals surface area contributed by atoms with Crippen molar-refractivity contribution in [3.05, 3.63) is 70.2 Å². The van der Waals surface area contributed by atoms with Crippen molar-refractivity contribution in [2.75, 3.05) is 5.88 Å². The molecule has 3 rings (SSSR count). The number of alkyl halides is 1. The highest BCUT2D eigenvalue weighted by atomic mass is 79.9. The van der Waals surface area contributed by atoms with Gasteiger partial charge in [-0.3, -0.25) is 4.79 Å². The lowest BCUT2D eigenvalue weighted by molar-refractivity contribution is -0.131. The van der Waals surface area contributed by atoms with Crippen LogP contribution in [0, 0.1) is 0 Å². The number of halogens is 2. The summed E-state index contributed by atoms with van der Waals surface area (Å²) in [6.45, 7) is 0. The van der Waals surface area contributed by atoms with Crippen LogP contribution in [0.1, 0.15) is 36.1 Å². The molecule has 1 fully saturated rings. The second-order valence-corrected chi connectivity index (χ2v) is 6.71. The molecule has 1 unspecified atom stereocenters. The fourth-order valence-corrected chi connectivity index (χ4v) is 3.70. The van der Waals surface area contributed by atoms with Crippen LogP contribution in [0.3, 0.4) is 0 Å². The molecule has 2 aromatic carbocycles. The van der Waals surface area contributed by atoms with Gasteiger partial charge in [-0.2, -0.15) is 0 Å². The molecule has 2 atom stereocenters. The number of amides is 1. The lowest BCUT2D eigenvalue weighted by atomic mass is 10.0. The fraction of sp³-hybridized carbons (Fsp3) is 0.278. The highest BCUT2D eigenvalue weighted by Crippen LogP contribution is 2.40. The van der Waals surface area contributed by atoms with Crippen LogP contribution in [0.25, 0.3) is 0 Å². The van der Waals surface area contributed by atoms with Gasteiger partial charge in [0.15, 0.2) is 0 Å². The van der Waals surface area contributed by atoms with Crippen molar-refractivity contribution in [2.24, 2.45) is 0 Å². The average molecular weight is 379 g/mol. The van der Waals surface area contributed by atoms with Gasteiger partial charge in [0.25, 0.3) is 0 Å². The molecular formula is C18H17BrClNO. The highest BCUT2D eigenvalue weighted by Gasteiger charge is 2.37. The van der Waals surface area contributed by atoms with Crippen molar-refractivity contribution in [3.63, 3.8) is 0 Å². The van der Waals surface area contributed by atoms with E-state index in [1.54, 1.807) is 0 Å². The van der Waals surface area contributed by atoms with Crippen molar-refractivity contribution >= 4 is 33.4 Å². The smallest absolute Gasteiger partial charge is 0.223 e.